The minimum Gasteiger partial charge on any atom is -0.295 e. The van der Waals surface area contributed by atoms with Crippen LogP contribution in [0, 0.1) is 0 Å². The van der Waals surface area contributed by atoms with E-state index < -0.39 is 0 Å². The van der Waals surface area contributed by atoms with Crippen LogP contribution in [0.3, 0.4) is 0 Å². The van der Waals surface area contributed by atoms with Crippen LogP contribution in [0.15, 0.2) is 24.4 Å². The van der Waals surface area contributed by atoms with Crippen molar-refractivity contribution in [3.63, 3.8) is 0 Å². The molecular formula is C11H12N4OS. The van der Waals surface area contributed by atoms with Gasteiger partial charge in [0.1, 0.15) is 10.7 Å². The SMILES string of the molecule is CCCc1nnc(NC(=O)c2ccccn2)s1. The second kappa shape index (κ2) is 5.49. The van der Waals surface area contributed by atoms with Crippen LogP contribution in [0.5, 0.6) is 0 Å². The van der Waals surface area contributed by atoms with Gasteiger partial charge in [-0.3, -0.25) is 15.1 Å². The Kier molecular flexibility index (Phi) is 3.77. The van der Waals surface area contributed by atoms with Gasteiger partial charge in [-0.25, -0.2) is 0 Å². The van der Waals surface area contributed by atoms with E-state index >= 15 is 0 Å². The summed E-state index contributed by atoms with van der Waals surface area (Å²) in [5, 5.41) is 12.0. The number of nitrogens with one attached hydrogen (secondary N) is 1. The van der Waals surface area contributed by atoms with Crippen molar-refractivity contribution in [1.82, 2.24) is 15.2 Å². The fourth-order valence-corrected chi connectivity index (χ4v) is 2.11. The number of rotatable bonds is 4. The highest BCUT2D eigenvalue weighted by Gasteiger charge is 2.10. The third-order valence-electron chi connectivity index (χ3n) is 2.05. The van der Waals surface area contributed by atoms with Gasteiger partial charge < -0.3 is 0 Å². The molecule has 0 aliphatic carbocycles. The predicted octanol–water partition coefficient (Wildman–Crippen LogP) is 2.14. The van der Waals surface area contributed by atoms with Crippen LogP contribution < -0.4 is 5.32 Å². The Bertz CT molecular complexity index is 497. The van der Waals surface area contributed by atoms with Crippen molar-refractivity contribution in [3.05, 3.63) is 35.1 Å². The highest BCUT2D eigenvalue weighted by Crippen LogP contribution is 2.16. The van der Waals surface area contributed by atoms with E-state index in [4.69, 9.17) is 0 Å². The minimum absolute atomic E-state index is 0.259. The van der Waals surface area contributed by atoms with Crippen molar-refractivity contribution in [3.8, 4) is 0 Å². The molecule has 0 unspecified atom stereocenters. The van der Waals surface area contributed by atoms with Gasteiger partial charge in [0.05, 0.1) is 0 Å². The maximum atomic E-state index is 11.7. The first-order chi connectivity index (χ1) is 8.29. The van der Waals surface area contributed by atoms with E-state index in [1.54, 1.807) is 24.4 Å². The van der Waals surface area contributed by atoms with E-state index in [9.17, 15) is 4.79 Å². The lowest BCUT2D eigenvalue weighted by molar-refractivity contribution is 0.102. The Morgan fingerprint density at radius 2 is 2.29 bits per heavy atom. The molecule has 5 nitrogen and oxygen atoms in total. The van der Waals surface area contributed by atoms with Crippen LogP contribution >= 0.6 is 11.3 Å². The smallest absolute Gasteiger partial charge is 0.276 e. The van der Waals surface area contributed by atoms with Crippen molar-refractivity contribution in [1.29, 1.82) is 0 Å². The average Bonchev–Trinajstić information content (AvgIpc) is 2.78. The number of carbonyl (C=O) groups is 1. The zero-order chi connectivity index (χ0) is 12.1. The van der Waals surface area contributed by atoms with Gasteiger partial charge in [0.2, 0.25) is 5.13 Å². The molecule has 2 heterocycles. The summed E-state index contributed by atoms with van der Waals surface area (Å²) in [7, 11) is 0. The predicted molar refractivity (Wildman–Crippen MR) is 66.1 cm³/mol. The number of hydrogen-bond acceptors (Lipinski definition) is 5. The molecule has 1 amide bonds. The number of carbonyl (C=O) groups excluding carboxylic acids is 1. The van der Waals surface area contributed by atoms with Crippen molar-refractivity contribution in [2.45, 2.75) is 19.8 Å². The summed E-state index contributed by atoms with van der Waals surface area (Å²) in [6.45, 7) is 2.08. The lowest BCUT2D eigenvalue weighted by atomic mass is 10.3. The maximum Gasteiger partial charge on any atom is 0.276 e. The van der Waals surface area contributed by atoms with Gasteiger partial charge in [-0.05, 0) is 18.6 Å². The van der Waals surface area contributed by atoms with E-state index in [2.05, 4.69) is 27.4 Å². The summed E-state index contributed by atoms with van der Waals surface area (Å²) in [6.07, 6.45) is 3.48. The summed E-state index contributed by atoms with van der Waals surface area (Å²) in [5.74, 6) is -0.259. The third kappa shape index (κ3) is 3.07. The van der Waals surface area contributed by atoms with E-state index in [0.29, 0.717) is 10.8 Å². The fraction of sp³-hybridized carbons (Fsp3) is 0.273. The highest BCUT2D eigenvalue weighted by molar-refractivity contribution is 7.15. The lowest BCUT2D eigenvalue weighted by Gasteiger charge is -1.98. The molecule has 2 aromatic rings. The molecule has 2 aromatic heterocycles. The monoisotopic (exact) mass is 248 g/mol. The molecular weight excluding hydrogens is 236 g/mol. The average molecular weight is 248 g/mol. The summed E-state index contributed by atoms with van der Waals surface area (Å²) in [5.41, 5.74) is 0.375. The van der Waals surface area contributed by atoms with Crippen LogP contribution in [0.1, 0.15) is 28.8 Å². The number of amides is 1. The summed E-state index contributed by atoms with van der Waals surface area (Å²) in [4.78, 5) is 15.7. The quantitative estimate of drug-likeness (QED) is 0.900. The van der Waals surface area contributed by atoms with Crippen LogP contribution in [-0.4, -0.2) is 21.1 Å². The van der Waals surface area contributed by atoms with Gasteiger partial charge >= 0.3 is 0 Å². The van der Waals surface area contributed by atoms with Crippen LogP contribution in [0.2, 0.25) is 0 Å². The first-order valence-corrected chi connectivity index (χ1v) is 6.16. The zero-order valence-corrected chi connectivity index (χ0v) is 10.2. The molecule has 17 heavy (non-hydrogen) atoms. The van der Waals surface area contributed by atoms with Gasteiger partial charge in [0.15, 0.2) is 0 Å². The van der Waals surface area contributed by atoms with Crippen molar-refractivity contribution in [2.75, 3.05) is 5.32 Å². The molecule has 0 aliphatic heterocycles. The molecule has 0 spiro atoms. The Labute approximate surface area is 103 Å². The molecule has 0 saturated carbocycles. The second-order valence-corrected chi connectivity index (χ2v) is 4.48. The van der Waals surface area contributed by atoms with Gasteiger partial charge in [0.25, 0.3) is 5.91 Å². The van der Waals surface area contributed by atoms with Gasteiger partial charge in [-0.2, -0.15) is 0 Å². The summed E-state index contributed by atoms with van der Waals surface area (Å²) >= 11 is 1.40. The third-order valence-corrected chi connectivity index (χ3v) is 2.95. The molecule has 1 N–H and O–H groups in total. The minimum atomic E-state index is -0.259. The number of aryl methyl sites for hydroxylation is 1. The summed E-state index contributed by atoms with van der Waals surface area (Å²) < 4.78 is 0. The van der Waals surface area contributed by atoms with Crippen LogP contribution in [0.4, 0.5) is 5.13 Å². The molecule has 2 rings (SSSR count). The molecule has 0 aromatic carbocycles. The molecule has 0 bridgehead atoms. The Morgan fingerprint density at radius 3 is 3.00 bits per heavy atom. The Morgan fingerprint density at radius 1 is 1.41 bits per heavy atom. The van der Waals surface area contributed by atoms with Crippen molar-refractivity contribution < 1.29 is 4.79 Å². The lowest BCUT2D eigenvalue weighted by Crippen LogP contribution is -2.13. The number of hydrogen-bond donors (Lipinski definition) is 1. The standard InChI is InChI=1S/C11H12N4OS/c1-2-5-9-14-15-11(17-9)13-10(16)8-6-3-4-7-12-8/h3-4,6-7H,2,5H2,1H3,(H,13,15,16). The Hall–Kier alpha value is -1.82. The first-order valence-electron chi connectivity index (χ1n) is 5.34. The highest BCUT2D eigenvalue weighted by atomic mass is 32.1. The molecule has 0 saturated heterocycles. The molecule has 88 valence electrons. The largest absolute Gasteiger partial charge is 0.295 e. The van der Waals surface area contributed by atoms with E-state index in [0.717, 1.165) is 17.8 Å². The topological polar surface area (TPSA) is 67.8 Å². The van der Waals surface area contributed by atoms with Crippen LogP contribution in [-0.2, 0) is 6.42 Å². The second-order valence-electron chi connectivity index (χ2n) is 3.42. The Balaban J connectivity index is 2.03. The van der Waals surface area contributed by atoms with Crippen molar-refractivity contribution in [2.24, 2.45) is 0 Å². The van der Waals surface area contributed by atoms with E-state index in [-0.39, 0.29) is 5.91 Å². The number of anilines is 1. The fourth-order valence-electron chi connectivity index (χ4n) is 1.28. The normalized spacial score (nSPS) is 10.2. The number of nitrogens with zero attached hydrogens (tertiary/aromatic N) is 3. The van der Waals surface area contributed by atoms with Gasteiger partial charge in [-0.1, -0.05) is 24.3 Å². The molecule has 0 aliphatic rings. The number of aromatic nitrogens is 3. The molecule has 0 radical (unpaired) electrons. The van der Waals surface area contributed by atoms with Crippen molar-refractivity contribution >= 4 is 22.4 Å². The number of pyridine rings is 1. The van der Waals surface area contributed by atoms with Crippen LogP contribution in [0.25, 0.3) is 0 Å². The zero-order valence-electron chi connectivity index (χ0n) is 9.38. The van der Waals surface area contributed by atoms with E-state index in [1.807, 2.05) is 0 Å². The molecule has 6 heteroatoms. The maximum absolute atomic E-state index is 11.7. The molecule has 0 atom stereocenters. The first kappa shape index (κ1) is 11.7. The van der Waals surface area contributed by atoms with Gasteiger partial charge in [-0.15, -0.1) is 10.2 Å². The summed E-state index contributed by atoms with van der Waals surface area (Å²) in [6, 6.07) is 5.19. The van der Waals surface area contributed by atoms with Gasteiger partial charge in [0, 0.05) is 12.6 Å². The molecule has 0 fully saturated rings. The van der Waals surface area contributed by atoms with E-state index in [1.165, 1.54) is 11.3 Å².